The van der Waals surface area contributed by atoms with Crippen LogP contribution in [-0.2, 0) is 71.8 Å². The smallest absolute Gasteiger partial charge is 0.351 e. The molecular weight excluding hydrogens is 1190 g/mol. The summed E-state index contributed by atoms with van der Waals surface area (Å²) in [6.45, 7) is 7.08. The van der Waals surface area contributed by atoms with Crippen LogP contribution in [0.15, 0.2) is 48.5 Å². The number of carbonyl (C=O) groups excluding carboxylic acids is 11. The average Bonchev–Trinajstić information content (AvgIpc) is 1.55. The van der Waals surface area contributed by atoms with Gasteiger partial charge >= 0.3 is 6.18 Å². The predicted octanol–water partition coefficient (Wildman–Crippen LogP) is 4.33. The summed E-state index contributed by atoms with van der Waals surface area (Å²) in [4.78, 5) is 168. The number of benzene rings is 2. The number of hydrogen-bond donors (Lipinski definition) is 4. The lowest BCUT2D eigenvalue weighted by Gasteiger charge is -2.40. The summed E-state index contributed by atoms with van der Waals surface area (Å²) >= 11 is 6.12. The molecule has 22 nitrogen and oxygen atoms in total. The third kappa shape index (κ3) is 17.4. The SMILES string of the molecule is CC[C@H](C)C1NC(=O)[C@H](C)N(C)C(=O)C[C@@H](C)NC(=O)[C@H](C2CCCC2)N(C)C(=O)C2(CCCC2)NC(=O)[C@@H]2CCCN2C(=O)[C@H](CCc2ccc(C(F)(F)F)c(Cl)c2)NC(=O)[C@@H](C)N(C)C(=O)[C@H](Cc2ccccc2)N(C)C(=O)CN(C)C(=O)CN(C)C1=O. The van der Waals surface area contributed by atoms with Gasteiger partial charge in [0.05, 0.1) is 23.7 Å². The number of alkyl halides is 3. The Morgan fingerprint density at radius 2 is 1.24 bits per heavy atom. The molecule has 9 atom stereocenters. The number of rotatable bonds is 8. The fourth-order valence-electron chi connectivity index (χ4n) is 12.6. The highest BCUT2D eigenvalue weighted by atomic mass is 35.5. The van der Waals surface area contributed by atoms with Gasteiger partial charge in [0.25, 0.3) is 0 Å². The van der Waals surface area contributed by atoms with Gasteiger partial charge in [-0.1, -0.05) is 94.0 Å². The van der Waals surface area contributed by atoms with Crippen molar-refractivity contribution in [2.24, 2.45) is 11.8 Å². The van der Waals surface area contributed by atoms with Gasteiger partial charge in [-0.2, -0.15) is 13.2 Å². The predicted molar refractivity (Wildman–Crippen MR) is 329 cm³/mol. The van der Waals surface area contributed by atoms with E-state index in [4.69, 9.17) is 11.6 Å². The van der Waals surface area contributed by atoms with Crippen LogP contribution in [0.5, 0.6) is 0 Å². The van der Waals surface area contributed by atoms with E-state index in [9.17, 15) is 56.3 Å². The van der Waals surface area contributed by atoms with Crippen LogP contribution in [-0.4, -0.2) is 215 Å². The normalized spacial score (nSPS) is 26.8. The number of aryl methyl sites for hydroxylation is 1. The zero-order chi connectivity index (χ0) is 66.7. The van der Waals surface area contributed by atoms with Crippen molar-refractivity contribution in [3.8, 4) is 0 Å². The Bertz CT molecular complexity index is 2960. The van der Waals surface area contributed by atoms with Crippen LogP contribution in [0.2, 0.25) is 5.02 Å². The molecule has 1 spiro atoms. The lowest BCUT2D eigenvalue weighted by molar-refractivity contribution is -0.150. The van der Waals surface area contributed by atoms with Gasteiger partial charge in [0, 0.05) is 67.7 Å². The van der Waals surface area contributed by atoms with Crippen LogP contribution in [0, 0.1) is 11.8 Å². The number of nitrogens with one attached hydrogen (secondary N) is 4. The molecule has 0 aromatic heterocycles. The fourth-order valence-corrected chi connectivity index (χ4v) is 12.9. The molecule has 6 rings (SSSR count). The molecule has 0 bridgehead atoms. The van der Waals surface area contributed by atoms with E-state index in [0.717, 1.165) is 44.6 Å². The van der Waals surface area contributed by atoms with E-state index in [1.54, 1.807) is 44.2 Å². The van der Waals surface area contributed by atoms with E-state index < -0.39 is 155 Å². The van der Waals surface area contributed by atoms with Crippen molar-refractivity contribution in [3.63, 3.8) is 0 Å². The van der Waals surface area contributed by atoms with Gasteiger partial charge in [-0.25, -0.2) is 0 Å². The highest BCUT2D eigenvalue weighted by molar-refractivity contribution is 6.31. The topological polar surface area (TPSA) is 259 Å². The highest BCUT2D eigenvalue weighted by Crippen LogP contribution is 2.38. The number of carbonyl (C=O) groups is 11. The van der Waals surface area contributed by atoms with Crippen LogP contribution in [0.25, 0.3) is 0 Å². The van der Waals surface area contributed by atoms with Crippen molar-refractivity contribution in [3.05, 3.63) is 70.2 Å². The number of likely N-dealkylation sites (N-methyl/N-ethyl adjacent to an activating group) is 6. The molecule has 2 aromatic rings. The van der Waals surface area contributed by atoms with Crippen LogP contribution >= 0.6 is 11.6 Å². The van der Waals surface area contributed by atoms with Gasteiger partial charge in [-0.15, -0.1) is 0 Å². The molecule has 4 fully saturated rings. The monoisotopic (exact) mass is 1280 g/mol. The van der Waals surface area contributed by atoms with Gasteiger partial charge in [-0.05, 0) is 107 Å². The van der Waals surface area contributed by atoms with Crippen LogP contribution in [0.4, 0.5) is 13.2 Å². The van der Waals surface area contributed by atoms with E-state index in [1.165, 1.54) is 76.9 Å². The van der Waals surface area contributed by atoms with Crippen molar-refractivity contribution in [1.82, 2.24) is 55.6 Å². The van der Waals surface area contributed by atoms with Crippen LogP contribution < -0.4 is 21.3 Å². The average molecular weight is 1280 g/mol. The molecule has 4 aliphatic rings. The van der Waals surface area contributed by atoms with Crippen molar-refractivity contribution < 1.29 is 65.9 Å². The Morgan fingerprint density at radius 1 is 0.633 bits per heavy atom. The first-order valence-electron chi connectivity index (χ1n) is 31.3. The minimum absolute atomic E-state index is 0.0469. The van der Waals surface area contributed by atoms with E-state index in [0.29, 0.717) is 49.7 Å². The Balaban J connectivity index is 1.37. The van der Waals surface area contributed by atoms with Gasteiger partial charge in [0.2, 0.25) is 65.0 Å². The molecule has 1 unspecified atom stereocenters. The van der Waals surface area contributed by atoms with Gasteiger partial charge in [0.15, 0.2) is 0 Å². The van der Waals surface area contributed by atoms with Crippen molar-refractivity contribution in [2.75, 3.05) is 61.9 Å². The van der Waals surface area contributed by atoms with Crippen molar-refractivity contribution >= 4 is 76.6 Å². The van der Waals surface area contributed by atoms with Gasteiger partial charge in [0.1, 0.15) is 47.8 Å². The fraction of sp³-hybridized carbons (Fsp3) is 0.641. The summed E-state index contributed by atoms with van der Waals surface area (Å²) in [6.07, 6.45) is 0.0161. The maximum absolute atomic E-state index is 15.2. The second-order valence-corrected chi connectivity index (χ2v) is 25.6. The Labute approximate surface area is 531 Å². The Kier molecular flexibility index (Phi) is 24.8. The van der Waals surface area contributed by atoms with E-state index in [1.807, 2.05) is 6.92 Å². The summed E-state index contributed by atoms with van der Waals surface area (Å²) in [7, 11) is 8.40. The maximum Gasteiger partial charge on any atom is 0.417 e. The molecule has 2 aromatic carbocycles. The second kappa shape index (κ2) is 31.1. The molecule has 2 heterocycles. The van der Waals surface area contributed by atoms with E-state index in [2.05, 4.69) is 21.3 Å². The first-order chi connectivity index (χ1) is 42.3. The third-order valence-corrected chi connectivity index (χ3v) is 19.2. The van der Waals surface area contributed by atoms with Crippen LogP contribution in [0.1, 0.15) is 135 Å². The molecule has 4 N–H and O–H groups in total. The summed E-state index contributed by atoms with van der Waals surface area (Å²) in [5.41, 5.74) is -1.62. The first kappa shape index (κ1) is 71.8. The summed E-state index contributed by atoms with van der Waals surface area (Å²) in [5, 5.41) is 11.0. The molecule has 2 saturated heterocycles. The van der Waals surface area contributed by atoms with E-state index in [-0.39, 0.29) is 57.4 Å². The Hall–Kier alpha value is -7.31. The zero-order valence-corrected chi connectivity index (χ0v) is 54.5. The molecule has 0 radical (unpaired) electrons. The quantitative estimate of drug-likeness (QED) is 0.289. The highest BCUT2D eigenvalue weighted by Gasteiger charge is 2.50. The molecule has 11 amide bonds. The molecule has 26 heteroatoms. The number of hydrogen-bond acceptors (Lipinski definition) is 11. The van der Waals surface area contributed by atoms with Gasteiger partial charge in [-0.3, -0.25) is 52.7 Å². The molecule has 2 aliphatic heterocycles. The molecule has 496 valence electrons. The molecular formula is C64H91ClF3N11O11. The number of amides is 11. The lowest BCUT2D eigenvalue weighted by atomic mass is 9.90. The number of nitrogens with zero attached hydrogens (tertiary/aromatic N) is 7. The standard InChI is InChI=1S/C64H91ClF3N11O11/c1-12-38(2)53-61(89)74(7)36-51(81)73(6)37-52(82)77(10)49(35-42-21-14-13-15-22-42)60(88)76(9)41(5)55(83)70-47(29-27-43-26-28-45(46(65)34-43)64(66,67)68)59(87)79-32-20-25-48(79)57(85)72-63(30-18-19-31-63)62(90)78(11)54(44-23-16-17-24-44)58(86)69-39(3)33-50(80)75(8)40(4)56(84)71-53/h13-15,21-22,26,28,34,38-41,44,47-49,53-54H,12,16-20,23-25,27,29-33,35-37H2,1-11H3,(H,69,86)(H,70,83)(H,71,84)(H,72,85)/t38-,39+,40-,41+,47-,48-,49-,53?,54-/m0/s1. The largest absolute Gasteiger partial charge is 0.417 e. The Morgan fingerprint density at radius 3 is 1.86 bits per heavy atom. The minimum atomic E-state index is -4.75. The minimum Gasteiger partial charge on any atom is -0.351 e. The van der Waals surface area contributed by atoms with Crippen molar-refractivity contribution in [2.45, 2.75) is 191 Å². The maximum atomic E-state index is 15.2. The summed E-state index contributed by atoms with van der Waals surface area (Å²) < 4.78 is 41.4. The summed E-state index contributed by atoms with van der Waals surface area (Å²) in [5.74, 6) is -7.77. The second-order valence-electron chi connectivity index (χ2n) is 25.2. The van der Waals surface area contributed by atoms with E-state index >= 15 is 9.59 Å². The van der Waals surface area contributed by atoms with Crippen LogP contribution in [0.3, 0.4) is 0 Å². The molecule has 2 saturated carbocycles. The molecule has 2 aliphatic carbocycles. The summed E-state index contributed by atoms with van der Waals surface area (Å²) in [6, 6.07) is 2.63. The van der Waals surface area contributed by atoms with Crippen molar-refractivity contribution in [1.29, 1.82) is 0 Å². The molecule has 90 heavy (non-hydrogen) atoms. The third-order valence-electron chi connectivity index (χ3n) is 18.9. The first-order valence-corrected chi connectivity index (χ1v) is 31.7. The lowest BCUT2D eigenvalue weighted by Crippen LogP contribution is -2.64. The number of fused-ring (bicyclic) bond motifs is 1. The zero-order valence-electron chi connectivity index (χ0n) is 53.8. The van der Waals surface area contributed by atoms with Gasteiger partial charge < -0.3 is 55.6 Å². The number of halogens is 4.